The average molecular weight is 419 g/mol. The van der Waals surface area contributed by atoms with Gasteiger partial charge >= 0.3 is 0 Å². The Morgan fingerprint density at radius 1 is 1.25 bits per heavy atom. The van der Waals surface area contributed by atoms with E-state index in [9.17, 15) is 18.0 Å². The number of sulfone groups is 1. The molecule has 8 heteroatoms. The van der Waals surface area contributed by atoms with Crippen LogP contribution in [0.15, 0.2) is 52.3 Å². The smallest absolute Gasteiger partial charge is 0.225 e. The van der Waals surface area contributed by atoms with Gasteiger partial charge in [0.25, 0.3) is 0 Å². The third kappa shape index (κ3) is 4.56. The van der Waals surface area contributed by atoms with Gasteiger partial charge < -0.3 is 10.6 Å². The van der Waals surface area contributed by atoms with E-state index in [-0.39, 0.29) is 23.1 Å². The van der Waals surface area contributed by atoms with Crippen molar-refractivity contribution in [3.8, 4) is 0 Å². The maximum atomic E-state index is 12.9. The standard InChI is InChI=1S/C20H22N2O4S2/c1-13-5-3-4-6-16(13)21-20(24)11-14(2)28(25,26)15-7-8-18-17(12-15)22-19(23)9-10-27-18/h3-8,12,14H,9-11H2,1-2H3,(H,21,24)(H,22,23)/t14-/m0/s1. The maximum absolute atomic E-state index is 12.9. The molecule has 0 spiro atoms. The first-order valence-corrected chi connectivity index (χ1v) is 11.5. The van der Waals surface area contributed by atoms with Crippen LogP contribution < -0.4 is 10.6 Å². The number of hydrogen-bond donors (Lipinski definition) is 2. The van der Waals surface area contributed by atoms with Crippen LogP contribution in [0.3, 0.4) is 0 Å². The Labute approximate surface area is 169 Å². The lowest BCUT2D eigenvalue weighted by Gasteiger charge is -2.15. The average Bonchev–Trinajstić information content (AvgIpc) is 2.83. The van der Waals surface area contributed by atoms with Crippen LogP contribution in [0.25, 0.3) is 0 Å². The van der Waals surface area contributed by atoms with Gasteiger partial charge in [0.15, 0.2) is 9.84 Å². The van der Waals surface area contributed by atoms with Crippen LogP contribution in [0.4, 0.5) is 11.4 Å². The maximum Gasteiger partial charge on any atom is 0.225 e. The van der Waals surface area contributed by atoms with Crippen molar-refractivity contribution in [1.82, 2.24) is 0 Å². The predicted molar refractivity (Wildman–Crippen MR) is 111 cm³/mol. The molecule has 0 saturated carbocycles. The molecule has 2 amide bonds. The quantitative estimate of drug-likeness (QED) is 0.774. The molecule has 2 aromatic rings. The second-order valence-electron chi connectivity index (χ2n) is 6.73. The molecule has 0 saturated heterocycles. The fourth-order valence-corrected chi connectivity index (χ4v) is 5.21. The van der Waals surface area contributed by atoms with Gasteiger partial charge in [-0.3, -0.25) is 9.59 Å². The molecule has 0 radical (unpaired) electrons. The molecular weight excluding hydrogens is 396 g/mol. The summed E-state index contributed by atoms with van der Waals surface area (Å²) in [5, 5.41) is 4.62. The van der Waals surface area contributed by atoms with E-state index in [0.717, 1.165) is 10.5 Å². The molecule has 148 valence electrons. The summed E-state index contributed by atoms with van der Waals surface area (Å²) in [6.45, 7) is 3.39. The van der Waals surface area contributed by atoms with Gasteiger partial charge in [0.05, 0.1) is 15.8 Å². The van der Waals surface area contributed by atoms with Crippen LogP contribution in [-0.2, 0) is 19.4 Å². The third-order valence-electron chi connectivity index (χ3n) is 4.56. The fraction of sp³-hybridized carbons (Fsp3) is 0.300. The number of fused-ring (bicyclic) bond motifs is 1. The lowest BCUT2D eigenvalue weighted by atomic mass is 10.2. The summed E-state index contributed by atoms with van der Waals surface area (Å²) in [5.41, 5.74) is 2.08. The number of hydrogen-bond acceptors (Lipinski definition) is 5. The Hall–Kier alpha value is -2.32. The Bertz CT molecular complexity index is 1020. The molecule has 0 unspecified atom stereocenters. The zero-order valence-corrected chi connectivity index (χ0v) is 17.3. The Kier molecular flexibility index (Phi) is 6.10. The molecule has 2 N–H and O–H groups in total. The first kappa shape index (κ1) is 20.4. The first-order chi connectivity index (χ1) is 13.3. The number of benzene rings is 2. The first-order valence-electron chi connectivity index (χ1n) is 8.93. The number of rotatable bonds is 5. The summed E-state index contributed by atoms with van der Waals surface area (Å²) in [6, 6.07) is 12.1. The van der Waals surface area contributed by atoms with E-state index >= 15 is 0 Å². The molecule has 0 aliphatic carbocycles. The van der Waals surface area contributed by atoms with Gasteiger partial charge in [-0.2, -0.15) is 0 Å². The normalized spacial score (nSPS) is 15.1. The number of thioether (sulfide) groups is 1. The van der Waals surface area contributed by atoms with E-state index in [4.69, 9.17) is 0 Å². The van der Waals surface area contributed by atoms with Crippen LogP contribution >= 0.6 is 11.8 Å². The van der Waals surface area contributed by atoms with Crippen molar-refractivity contribution in [2.24, 2.45) is 0 Å². The van der Waals surface area contributed by atoms with Gasteiger partial charge in [0, 0.05) is 29.2 Å². The molecule has 1 atom stereocenters. The van der Waals surface area contributed by atoms with Gasteiger partial charge in [0.2, 0.25) is 11.8 Å². The molecule has 1 aliphatic heterocycles. The van der Waals surface area contributed by atoms with E-state index in [1.807, 2.05) is 25.1 Å². The lowest BCUT2D eigenvalue weighted by Crippen LogP contribution is -2.25. The Morgan fingerprint density at radius 3 is 2.75 bits per heavy atom. The topological polar surface area (TPSA) is 92.3 Å². The van der Waals surface area contributed by atoms with Crippen molar-refractivity contribution < 1.29 is 18.0 Å². The SMILES string of the molecule is Cc1ccccc1NC(=O)C[C@H](C)S(=O)(=O)c1ccc2c(c1)NC(=O)CCS2. The molecule has 0 fully saturated rings. The molecule has 1 heterocycles. The molecular formula is C20H22N2O4S2. The van der Waals surface area contributed by atoms with Crippen LogP contribution in [0.2, 0.25) is 0 Å². The molecule has 6 nitrogen and oxygen atoms in total. The highest BCUT2D eigenvalue weighted by atomic mass is 32.2. The van der Waals surface area contributed by atoms with Gasteiger partial charge in [-0.05, 0) is 43.7 Å². The zero-order valence-electron chi connectivity index (χ0n) is 15.7. The van der Waals surface area contributed by atoms with Crippen LogP contribution in [0, 0.1) is 6.92 Å². The highest BCUT2D eigenvalue weighted by Gasteiger charge is 2.27. The summed E-state index contributed by atoms with van der Waals surface area (Å²) in [5.74, 6) is 0.163. The predicted octanol–water partition coefficient (Wildman–Crippen LogP) is 3.62. The summed E-state index contributed by atoms with van der Waals surface area (Å²) < 4.78 is 25.9. The van der Waals surface area contributed by atoms with Crippen LogP contribution in [0.1, 0.15) is 25.3 Å². The summed E-state index contributed by atoms with van der Waals surface area (Å²) in [4.78, 5) is 25.0. The second-order valence-corrected chi connectivity index (χ2v) is 10.2. The van der Waals surface area contributed by atoms with Gasteiger partial charge in [0.1, 0.15) is 0 Å². The number of carbonyl (C=O) groups is 2. The Balaban J connectivity index is 1.76. The van der Waals surface area contributed by atoms with Crippen LogP contribution in [-0.4, -0.2) is 31.2 Å². The minimum Gasteiger partial charge on any atom is -0.326 e. The van der Waals surface area contributed by atoms with E-state index < -0.39 is 15.1 Å². The van der Waals surface area contributed by atoms with Crippen molar-refractivity contribution in [3.63, 3.8) is 0 Å². The molecule has 2 aromatic carbocycles. The largest absolute Gasteiger partial charge is 0.326 e. The van der Waals surface area contributed by atoms with Crippen molar-refractivity contribution in [2.75, 3.05) is 16.4 Å². The summed E-state index contributed by atoms with van der Waals surface area (Å²) in [6.07, 6.45) is 0.228. The van der Waals surface area contributed by atoms with Gasteiger partial charge in [-0.15, -0.1) is 11.8 Å². The summed E-state index contributed by atoms with van der Waals surface area (Å²) >= 11 is 1.51. The number of aryl methyl sites for hydroxylation is 1. The van der Waals surface area contributed by atoms with Gasteiger partial charge in [-0.25, -0.2) is 8.42 Å². The highest BCUT2D eigenvalue weighted by molar-refractivity contribution is 7.99. The molecule has 3 rings (SSSR count). The van der Waals surface area contributed by atoms with Crippen molar-refractivity contribution in [3.05, 3.63) is 48.0 Å². The molecule has 28 heavy (non-hydrogen) atoms. The minimum absolute atomic E-state index is 0.102. The number of nitrogens with one attached hydrogen (secondary N) is 2. The van der Waals surface area contributed by atoms with Crippen LogP contribution in [0.5, 0.6) is 0 Å². The molecule has 1 aliphatic rings. The van der Waals surface area contributed by atoms with Gasteiger partial charge in [-0.1, -0.05) is 18.2 Å². The van der Waals surface area contributed by atoms with Crippen molar-refractivity contribution in [2.45, 2.75) is 41.7 Å². The number of anilines is 2. The monoisotopic (exact) mass is 418 g/mol. The number of amides is 2. The Morgan fingerprint density at radius 2 is 2.00 bits per heavy atom. The fourth-order valence-electron chi connectivity index (χ4n) is 2.89. The van der Waals surface area contributed by atoms with E-state index in [2.05, 4.69) is 10.6 Å². The third-order valence-corrected chi connectivity index (χ3v) is 7.77. The van der Waals surface area contributed by atoms with Crippen molar-refractivity contribution in [1.29, 1.82) is 0 Å². The summed E-state index contributed by atoms with van der Waals surface area (Å²) in [7, 11) is -3.72. The van der Waals surface area contributed by atoms with E-state index in [0.29, 0.717) is 23.5 Å². The minimum atomic E-state index is -3.72. The zero-order chi connectivity index (χ0) is 20.3. The number of para-hydroxylation sites is 1. The molecule has 0 bridgehead atoms. The second kappa shape index (κ2) is 8.36. The van der Waals surface area contributed by atoms with E-state index in [1.54, 1.807) is 12.1 Å². The van der Waals surface area contributed by atoms with Crippen molar-refractivity contribution >= 4 is 44.8 Å². The number of carbonyl (C=O) groups excluding carboxylic acids is 2. The highest BCUT2D eigenvalue weighted by Crippen LogP contribution is 2.33. The molecule has 0 aromatic heterocycles. The van der Waals surface area contributed by atoms with E-state index in [1.165, 1.54) is 30.8 Å². The lowest BCUT2D eigenvalue weighted by molar-refractivity contribution is -0.116.